The Balaban J connectivity index is 3.78. The highest BCUT2D eigenvalue weighted by molar-refractivity contribution is 5.87. The van der Waals surface area contributed by atoms with Crippen LogP contribution in [-0.4, -0.2) is 24.4 Å². The summed E-state index contributed by atoms with van der Waals surface area (Å²) in [5, 5.41) is 5.18. The maximum absolute atomic E-state index is 11.1. The fraction of sp³-hybridized carbons (Fsp3) is 0.750. The number of carbonyl (C=O) groups excluding carboxylic acids is 2. The lowest BCUT2D eigenvalue weighted by atomic mass is 10.3. The average Bonchev–Trinajstić information content (AvgIpc) is 2.04. The highest BCUT2D eigenvalue weighted by Gasteiger charge is 2.12. The van der Waals surface area contributed by atoms with Gasteiger partial charge in [-0.25, -0.2) is 0 Å². The number of carbonyl (C=O) groups is 2. The molecule has 0 aromatic rings. The topological polar surface area (TPSA) is 58.2 Å². The molecule has 0 saturated carbocycles. The minimum atomic E-state index is -0.433. The van der Waals surface area contributed by atoms with Crippen molar-refractivity contribution in [3.8, 4) is 0 Å². The van der Waals surface area contributed by atoms with Crippen LogP contribution in [0.5, 0.6) is 0 Å². The van der Waals surface area contributed by atoms with E-state index in [-0.39, 0.29) is 11.8 Å². The van der Waals surface area contributed by atoms with Gasteiger partial charge in [0.25, 0.3) is 0 Å². The lowest BCUT2D eigenvalue weighted by Crippen LogP contribution is -2.44. The van der Waals surface area contributed by atoms with E-state index in [1.165, 1.54) is 0 Å². The van der Waals surface area contributed by atoms with Crippen molar-refractivity contribution >= 4 is 11.8 Å². The average molecular weight is 172 g/mol. The molecule has 70 valence electrons. The molecular formula is C8H16N2O2. The number of hydrogen-bond donors (Lipinski definition) is 2. The number of likely N-dealkylation sites (N-methyl/N-ethyl adjacent to an activating group) is 1. The van der Waals surface area contributed by atoms with Crippen molar-refractivity contribution in [2.45, 2.75) is 33.2 Å². The summed E-state index contributed by atoms with van der Waals surface area (Å²) in [4.78, 5) is 21.9. The maximum Gasteiger partial charge on any atom is 0.242 e. The molecule has 2 amide bonds. The van der Waals surface area contributed by atoms with Crippen LogP contribution in [0.1, 0.15) is 27.2 Å². The molecule has 4 heteroatoms. The third kappa shape index (κ3) is 3.95. The zero-order valence-corrected chi connectivity index (χ0v) is 7.81. The van der Waals surface area contributed by atoms with Gasteiger partial charge in [0.2, 0.25) is 11.8 Å². The fourth-order valence-electron chi connectivity index (χ4n) is 0.736. The van der Waals surface area contributed by atoms with Crippen LogP contribution in [0.4, 0.5) is 0 Å². The molecule has 0 aliphatic rings. The van der Waals surface area contributed by atoms with E-state index in [0.29, 0.717) is 13.0 Å². The van der Waals surface area contributed by atoms with Gasteiger partial charge in [0.1, 0.15) is 6.04 Å². The summed E-state index contributed by atoms with van der Waals surface area (Å²) in [5.41, 5.74) is 0. The lowest BCUT2D eigenvalue weighted by Gasteiger charge is -2.11. The molecule has 0 aromatic heterocycles. The first-order valence-electron chi connectivity index (χ1n) is 4.18. The van der Waals surface area contributed by atoms with Crippen molar-refractivity contribution in [2.75, 3.05) is 6.54 Å². The van der Waals surface area contributed by atoms with E-state index in [0.717, 1.165) is 0 Å². The maximum atomic E-state index is 11.1. The van der Waals surface area contributed by atoms with Gasteiger partial charge in [-0.15, -0.1) is 0 Å². The minimum absolute atomic E-state index is 0.103. The Labute approximate surface area is 72.7 Å². The molecule has 0 bridgehead atoms. The fourth-order valence-corrected chi connectivity index (χ4v) is 0.736. The van der Waals surface area contributed by atoms with E-state index in [2.05, 4.69) is 10.6 Å². The van der Waals surface area contributed by atoms with E-state index < -0.39 is 6.04 Å². The van der Waals surface area contributed by atoms with Crippen LogP contribution in [0.15, 0.2) is 0 Å². The summed E-state index contributed by atoms with van der Waals surface area (Å²) < 4.78 is 0. The molecule has 0 radical (unpaired) electrons. The third-order valence-corrected chi connectivity index (χ3v) is 1.44. The van der Waals surface area contributed by atoms with Crippen molar-refractivity contribution < 1.29 is 9.59 Å². The predicted molar refractivity (Wildman–Crippen MR) is 46.6 cm³/mol. The summed E-state index contributed by atoms with van der Waals surface area (Å²) >= 11 is 0. The van der Waals surface area contributed by atoms with Crippen LogP contribution in [0.25, 0.3) is 0 Å². The normalized spacial score (nSPS) is 11.9. The van der Waals surface area contributed by atoms with Crippen molar-refractivity contribution in [3.63, 3.8) is 0 Å². The first-order chi connectivity index (χ1) is 5.61. The Bertz CT molecular complexity index is 168. The molecule has 0 spiro atoms. The highest BCUT2D eigenvalue weighted by atomic mass is 16.2. The van der Waals surface area contributed by atoms with Gasteiger partial charge in [-0.1, -0.05) is 6.92 Å². The lowest BCUT2D eigenvalue weighted by molar-refractivity contribution is -0.128. The Morgan fingerprint density at radius 3 is 2.33 bits per heavy atom. The summed E-state index contributed by atoms with van der Waals surface area (Å²) in [6, 6.07) is -0.433. The number of hydrogen-bond acceptors (Lipinski definition) is 2. The number of amides is 2. The molecule has 0 aliphatic carbocycles. The molecule has 4 nitrogen and oxygen atoms in total. The Kier molecular flexibility index (Phi) is 5.08. The molecule has 1 unspecified atom stereocenters. The van der Waals surface area contributed by atoms with Gasteiger partial charge in [0.05, 0.1) is 0 Å². The van der Waals surface area contributed by atoms with Gasteiger partial charge in [-0.2, -0.15) is 0 Å². The quantitative estimate of drug-likeness (QED) is 0.629. The summed E-state index contributed by atoms with van der Waals surface area (Å²) in [7, 11) is 0. The van der Waals surface area contributed by atoms with Gasteiger partial charge < -0.3 is 10.6 Å². The molecule has 12 heavy (non-hydrogen) atoms. The van der Waals surface area contributed by atoms with Gasteiger partial charge in [-0.3, -0.25) is 9.59 Å². The molecule has 0 saturated heterocycles. The van der Waals surface area contributed by atoms with Crippen LogP contribution < -0.4 is 10.6 Å². The molecule has 0 aliphatic heterocycles. The van der Waals surface area contributed by atoms with E-state index in [1.807, 2.05) is 6.92 Å². The number of nitrogens with one attached hydrogen (secondary N) is 2. The Morgan fingerprint density at radius 2 is 1.92 bits per heavy atom. The Morgan fingerprint density at radius 1 is 1.33 bits per heavy atom. The Hall–Kier alpha value is -1.06. The standard InChI is InChI=1S/C8H16N2O2/c1-4-7(11)10-6(3)8(12)9-5-2/h6H,4-5H2,1-3H3,(H,9,12)(H,10,11). The molecule has 1 atom stereocenters. The second-order valence-corrected chi connectivity index (χ2v) is 2.54. The molecule has 2 N–H and O–H groups in total. The highest BCUT2D eigenvalue weighted by Crippen LogP contribution is 1.84. The van der Waals surface area contributed by atoms with E-state index in [9.17, 15) is 9.59 Å². The van der Waals surface area contributed by atoms with Crippen LogP contribution in [0.2, 0.25) is 0 Å². The van der Waals surface area contributed by atoms with Crippen molar-refractivity contribution in [3.05, 3.63) is 0 Å². The van der Waals surface area contributed by atoms with Crippen LogP contribution in [0.3, 0.4) is 0 Å². The molecule has 0 fully saturated rings. The second-order valence-electron chi connectivity index (χ2n) is 2.54. The summed E-state index contributed by atoms with van der Waals surface area (Å²) in [5.74, 6) is -0.243. The second kappa shape index (κ2) is 5.57. The van der Waals surface area contributed by atoms with Crippen LogP contribution >= 0.6 is 0 Å². The zero-order chi connectivity index (χ0) is 9.56. The van der Waals surface area contributed by atoms with E-state index >= 15 is 0 Å². The van der Waals surface area contributed by atoms with Crippen LogP contribution in [0, 0.1) is 0 Å². The summed E-state index contributed by atoms with van der Waals surface area (Å²) in [6.07, 6.45) is 0.406. The summed E-state index contributed by atoms with van der Waals surface area (Å²) in [6.45, 7) is 5.84. The number of rotatable bonds is 4. The molecule has 0 heterocycles. The van der Waals surface area contributed by atoms with Gasteiger partial charge >= 0.3 is 0 Å². The monoisotopic (exact) mass is 172 g/mol. The van der Waals surface area contributed by atoms with Gasteiger partial charge in [-0.05, 0) is 13.8 Å². The smallest absolute Gasteiger partial charge is 0.242 e. The SMILES string of the molecule is CCNC(=O)C(C)NC(=O)CC. The predicted octanol–water partition coefficient (Wildman–Crippen LogP) is 0.0372. The molecule has 0 rings (SSSR count). The molecule has 0 aromatic carbocycles. The third-order valence-electron chi connectivity index (χ3n) is 1.44. The van der Waals surface area contributed by atoms with Gasteiger partial charge in [0, 0.05) is 13.0 Å². The van der Waals surface area contributed by atoms with E-state index in [4.69, 9.17) is 0 Å². The minimum Gasteiger partial charge on any atom is -0.355 e. The molecular weight excluding hydrogens is 156 g/mol. The first kappa shape index (κ1) is 10.9. The first-order valence-corrected chi connectivity index (χ1v) is 4.18. The van der Waals surface area contributed by atoms with Crippen LogP contribution in [-0.2, 0) is 9.59 Å². The van der Waals surface area contributed by atoms with E-state index in [1.54, 1.807) is 13.8 Å². The van der Waals surface area contributed by atoms with Gasteiger partial charge in [0.15, 0.2) is 0 Å². The van der Waals surface area contributed by atoms with Crippen molar-refractivity contribution in [1.82, 2.24) is 10.6 Å². The largest absolute Gasteiger partial charge is 0.355 e. The van der Waals surface area contributed by atoms with Crippen molar-refractivity contribution in [1.29, 1.82) is 0 Å². The van der Waals surface area contributed by atoms with Crippen molar-refractivity contribution in [2.24, 2.45) is 0 Å². The zero-order valence-electron chi connectivity index (χ0n) is 7.81.